The third-order valence-corrected chi connectivity index (χ3v) is 3.87. The van der Waals surface area contributed by atoms with Gasteiger partial charge in [0.1, 0.15) is 0 Å². The average Bonchev–Trinajstić information content (AvgIpc) is 2.93. The Bertz CT molecular complexity index is 427. The number of halogens is 1. The maximum atomic E-state index is 5.97. The van der Waals surface area contributed by atoms with Crippen molar-refractivity contribution in [2.24, 2.45) is 16.6 Å². The zero-order chi connectivity index (χ0) is 14.4. The van der Waals surface area contributed by atoms with Gasteiger partial charge in [0.25, 0.3) is 0 Å². The third-order valence-electron chi connectivity index (χ3n) is 3.87. The Balaban J connectivity index is 0.00000220. The monoisotopic (exact) mass is 402 g/mol. The van der Waals surface area contributed by atoms with E-state index in [0.29, 0.717) is 17.9 Å². The number of hydrogen-bond acceptors (Lipinski definition) is 2. The summed E-state index contributed by atoms with van der Waals surface area (Å²) in [4.78, 5) is 7.07. The molecule has 0 spiro atoms. The molecule has 1 aromatic carbocycles. The van der Waals surface area contributed by atoms with Crippen LogP contribution in [0.15, 0.2) is 35.3 Å². The van der Waals surface area contributed by atoms with Crippen LogP contribution in [0.4, 0.5) is 5.69 Å². The summed E-state index contributed by atoms with van der Waals surface area (Å²) in [5.41, 5.74) is 6.96. The maximum absolute atomic E-state index is 5.97. The zero-order valence-electron chi connectivity index (χ0n) is 13.0. The molecular weight excluding hydrogens is 375 g/mol. The van der Waals surface area contributed by atoms with E-state index >= 15 is 0 Å². The van der Waals surface area contributed by atoms with E-state index in [2.05, 4.69) is 29.1 Å². The highest BCUT2D eigenvalue weighted by Gasteiger charge is 2.24. The predicted molar refractivity (Wildman–Crippen MR) is 101 cm³/mol. The zero-order valence-corrected chi connectivity index (χ0v) is 15.3. The van der Waals surface area contributed by atoms with Crippen LogP contribution < -0.4 is 11.1 Å². The first-order valence-corrected chi connectivity index (χ1v) is 7.53. The molecule has 3 N–H and O–H groups in total. The lowest BCUT2D eigenvalue weighted by Gasteiger charge is -2.29. The van der Waals surface area contributed by atoms with Crippen molar-refractivity contribution >= 4 is 35.6 Å². The molecule has 2 rings (SSSR count). The molecule has 5 heteroatoms. The second-order valence-corrected chi connectivity index (χ2v) is 5.77. The Morgan fingerprint density at radius 2 is 1.86 bits per heavy atom. The van der Waals surface area contributed by atoms with Gasteiger partial charge in [-0.25, -0.2) is 0 Å². The van der Waals surface area contributed by atoms with Gasteiger partial charge in [-0.1, -0.05) is 32.0 Å². The van der Waals surface area contributed by atoms with Gasteiger partial charge < -0.3 is 11.1 Å². The summed E-state index contributed by atoms with van der Waals surface area (Å²) >= 11 is 0. The maximum Gasteiger partial charge on any atom is 0.193 e. The highest BCUT2D eigenvalue weighted by atomic mass is 127. The molecule has 4 nitrogen and oxygen atoms in total. The summed E-state index contributed by atoms with van der Waals surface area (Å²) in [6.45, 7) is 7.69. The lowest BCUT2D eigenvalue weighted by atomic mass is 10.0. The molecule has 0 saturated carbocycles. The van der Waals surface area contributed by atoms with E-state index in [4.69, 9.17) is 5.73 Å². The van der Waals surface area contributed by atoms with Crippen molar-refractivity contribution in [3.05, 3.63) is 30.3 Å². The van der Waals surface area contributed by atoms with Gasteiger partial charge in [0.05, 0.1) is 6.54 Å². The van der Waals surface area contributed by atoms with Crippen molar-refractivity contribution in [1.82, 2.24) is 4.90 Å². The molecule has 1 saturated heterocycles. The summed E-state index contributed by atoms with van der Waals surface area (Å²) in [5, 5.41) is 3.14. The molecule has 1 aliphatic rings. The van der Waals surface area contributed by atoms with Crippen molar-refractivity contribution < 1.29 is 0 Å². The van der Waals surface area contributed by atoms with E-state index in [-0.39, 0.29) is 24.0 Å². The van der Waals surface area contributed by atoms with E-state index < -0.39 is 0 Å². The Kier molecular flexibility index (Phi) is 8.03. The topological polar surface area (TPSA) is 53.6 Å². The molecule has 1 fully saturated rings. The minimum atomic E-state index is 0. The molecule has 0 bridgehead atoms. The highest BCUT2D eigenvalue weighted by Crippen LogP contribution is 2.18. The van der Waals surface area contributed by atoms with Crippen LogP contribution in [0.5, 0.6) is 0 Å². The van der Waals surface area contributed by atoms with Gasteiger partial charge in [0.2, 0.25) is 0 Å². The Labute approximate surface area is 145 Å². The van der Waals surface area contributed by atoms with E-state index in [1.165, 1.54) is 25.9 Å². The van der Waals surface area contributed by atoms with Crippen molar-refractivity contribution in [1.29, 1.82) is 0 Å². The van der Waals surface area contributed by atoms with Crippen LogP contribution >= 0.6 is 24.0 Å². The first kappa shape index (κ1) is 18.2. The number of anilines is 1. The van der Waals surface area contributed by atoms with Crippen LogP contribution in [-0.2, 0) is 0 Å². The fourth-order valence-corrected chi connectivity index (χ4v) is 2.72. The van der Waals surface area contributed by atoms with E-state index in [9.17, 15) is 0 Å². The number of para-hydroxylation sites is 1. The third kappa shape index (κ3) is 5.82. The van der Waals surface area contributed by atoms with E-state index in [1.54, 1.807) is 0 Å². The number of aliphatic imine (C=N–C) groups is 1. The van der Waals surface area contributed by atoms with Crippen LogP contribution in [0, 0.1) is 5.92 Å². The lowest BCUT2D eigenvalue weighted by molar-refractivity contribution is 0.198. The van der Waals surface area contributed by atoms with Crippen LogP contribution in [0.3, 0.4) is 0 Å². The van der Waals surface area contributed by atoms with E-state index in [0.717, 1.165) is 12.2 Å². The van der Waals surface area contributed by atoms with Crippen molar-refractivity contribution in [3.8, 4) is 0 Å². The summed E-state index contributed by atoms with van der Waals surface area (Å²) in [5.74, 6) is 1.10. The molecular formula is C16H27IN4. The number of nitrogens with zero attached hydrogens (tertiary/aromatic N) is 2. The summed E-state index contributed by atoms with van der Waals surface area (Å²) < 4.78 is 0. The summed E-state index contributed by atoms with van der Waals surface area (Å²) in [6.07, 6.45) is 2.62. The number of likely N-dealkylation sites (tertiary alicyclic amines) is 1. The van der Waals surface area contributed by atoms with Crippen LogP contribution in [0.25, 0.3) is 0 Å². The molecule has 1 aromatic rings. The second-order valence-electron chi connectivity index (χ2n) is 5.77. The number of nitrogens with two attached hydrogens (primary N) is 1. The molecule has 1 aliphatic heterocycles. The molecule has 0 radical (unpaired) electrons. The Morgan fingerprint density at radius 3 is 2.43 bits per heavy atom. The summed E-state index contributed by atoms with van der Waals surface area (Å²) in [7, 11) is 0. The van der Waals surface area contributed by atoms with Gasteiger partial charge in [0, 0.05) is 11.7 Å². The SMILES string of the molecule is CC(C)C(CN=C(N)Nc1ccccc1)N1CCCC1.I. The van der Waals surface area contributed by atoms with Gasteiger partial charge in [-0.3, -0.25) is 9.89 Å². The average molecular weight is 402 g/mol. The minimum absolute atomic E-state index is 0. The Hall–Kier alpha value is -0.820. The number of benzene rings is 1. The predicted octanol–water partition coefficient (Wildman–Crippen LogP) is 3.15. The van der Waals surface area contributed by atoms with Crippen LogP contribution in [0.1, 0.15) is 26.7 Å². The Morgan fingerprint density at radius 1 is 1.24 bits per heavy atom. The van der Waals surface area contributed by atoms with Gasteiger partial charge in [0.15, 0.2) is 5.96 Å². The smallest absolute Gasteiger partial charge is 0.193 e. The van der Waals surface area contributed by atoms with E-state index in [1.807, 2.05) is 30.3 Å². The molecule has 118 valence electrons. The second kappa shape index (κ2) is 9.25. The first-order chi connectivity index (χ1) is 9.66. The van der Waals surface area contributed by atoms with Crippen molar-refractivity contribution in [2.45, 2.75) is 32.7 Å². The molecule has 1 heterocycles. The lowest BCUT2D eigenvalue weighted by Crippen LogP contribution is -2.40. The molecule has 0 aliphatic carbocycles. The number of nitrogens with one attached hydrogen (secondary N) is 1. The number of hydrogen-bond donors (Lipinski definition) is 2. The quantitative estimate of drug-likeness (QED) is 0.452. The van der Waals surface area contributed by atoms with Crippen molar-refractivity contribution in [2.75, 3.05) is 25.0 Å². The standard InChI is InChI=1S/C16H26N4.HI/c1-13(2)15(20-10-6-7-11-20)12-18-16(17)19-14-8-4-3-5-9-14;/h3-5,8-9,13,15H,6-7,10-12H2,1-2H3,(H3,17,18,19);1H. The number of guanidine groups is 1. The highest BCUT2D eigenvalue weighted by molar-refractivity contribution is 14.0. The molecule has 0 aromatic heterocycles. The van der Waals surface area contributed by atoms with Gasteiger partial charge in [-0.15, -0.1) is 24.0 Å². The molecule has 1 atom stereocenters. The van der Waals surface area contributed by atoms with Crippen LogP contribution in [0.2, 0.25) is 0 Å². The molecule has 21 heavy (non-hydrogen) atoms. The first-order valence-electron chi connectivity index (χ1n) is 7.53. The minimum Gasteiger partial charge on any atom is -0.370 e. The fraction of sp³-hybridized carbons (Fsp3) is 0.562. The van der Waals surface area contributed by atoms with Crippen LogP contribution in [-0.4, -0.2) is 36.5 Å². The fourth-order valence-electron chi connectivity index (χ4n) is 2.72. The van der Waals surface area contributed by atoms with Gasteiger partial charge in [-0.2, -0.15) is 0 Å². The largest absolute Gasteiger partial charge is 0.370 e. The normalized spacial score (nSPS) is 17.6. The van der Waals surface area contributed by atoms with Gasteiger partial charge in [-0.05, 0) is 44.0 Å². The molecule has 1 unspecified atom stereocenters. The number of rotatable bonds is 5. The van der Waals surface area contributed by atoms with Crippen molar-refractivity contribution in [3.63, 3.8) is 0 Å². The van der Waals surface area contributed by atoms with Gasteiger partial charge >= 0.3 is 0 Å². The molecule has 0 amide bonds. The summed E-state index contributed by atoms with van der Waals surface area (Å²) in [6, 6.07) is 10.4.